The normalized spacial score (nSPS) is 20.4. The van der Waals surface area contributed by atoms with Gasteiger partial charge in [-0.1, -0.05) is 11.6 Å². The molecule has 0 bridgehead atoms. The fraction of sp³-hybridized carbons (Fsp3) is 0.556. The lowest BCUT2D eigenvalue weighted by molar-refractivity contribution is -0.137. The second-order valence-electron chi connectivity index (χ2n) is 6.89. The van der Waals surface area contributed by atoms with E-state index in [4.69, 9.17) is 16.3 Å². The van der Waals surface area contributed by atoms with Gasteiger partial charge in [0.1, 0.15) is 5.75 Å². The summed E-state index contributed by atoms with van der Waals surface area (Å²) in [6, 6.07) is 5.15. The van der Waals surface area contributed by atoms with Gasteiger partial charge in [-0.15, -0.1) is 0 Å². The Balaban J connectivity index is 1.65. The number of nitrogens with zero attached hydrogens (tertiary/aromatic N) is 2. The molecule has 5 nitrogen and oxygen atoms in total. The molecule has 0 N–H and O–H groups in total. The molecule has 130 valence electrons. The second kappa shape index (κ2) is 6.63. The molecule has 0 atom stereocenters. The Kier molecular flexibility index (Phi) is 4.72. The van der Waals surface area contributed by atoms with Gasteiger partial charge in [0.15, 0.2) is 0 Å². The maximum absolute atomic E-state index is 12.7. The summed E-state index contributed by atoms with van der Waals surface area (Å²) in [6.45, 7) is 2.26. The minimum Gasteiger partial charge on any atom is -0.495 e. The molecule has 0 aromatic heterocycles. The SMILES string of the molecule is COc1ccc(C(=O)N2CCC3(CCC(=O)N(C)C3)CC2)cc1Cl. The molecule has 1 spiro atoms. The lowest BCUT2D eigenvalue weighted by atomic mass is 9.72. The lowest BCUT2D eigenvalue weighted by Gasteiger charge is -2.46. The van der Waals surface area contributed by atoms with Crippen molar-refractivity contribution in [3.63, 3.8) is 0 Å². The number of benzene rings is 1. The van der Waals surface area contributed by atoms with E-state index in [1.54, 1.807) is 25.3 Å². The van der Waals surface area contributed by atoms with E-state index in [9.17, 15) is 9.59 Å². The third-order valence-electron chi connectivity index (χ3n) is 5.38. The zero-order chi connectivity index (χ0) is 17.3. The van der Waals surface area contributed by atoms with Gasteiger partial charge in [0.05, 0.1) is 12.1 Å². The number of hydrogen-bond donors (Lipinski definition) is 0. The summed E-state index contributed by atoms with van der Waals surface area (Å²) in [6.07, 6.45) is 3.45. The number of piperidine rings is 2. The Morgan fingerprint density at radius 2 is 1.96 bits per heavy atom. The van der Waals surface area contributed by atoms with Gasteiger partial charge in [-0.25, -0.2) is 0 Å². The molecule has 3 rings (SSSR count). The van der Waals surface area contributed by atoms with E-state index in [-0.39, 0.29) is 17.2 Å². The van der Waals surface area contributed by atoms with Crippen LogP contribution in [0.25, 0.3) is 0 Å². The predicted octanol–water partition coefficient (Wildman–Crippen LogP) is 2.82. The highest BCUT2D eigenvalue weighted by atomic mass is 35.5. The molecule has 0 saturated carbocycles. The minimum absolute atomic E-state index is 0.00893. The van der Waals surface area contributed by atoms with E-state index in [0.29, 0.717) is 22.8 Å². The van der Waals surface area contributed by atoms with E-state index in [0.717, 1.165) is 38.9 Å². The van der Waals surface area contributed by atoms with Crippen molar-refractivity contribution < 1.29 is 14.3 Å². The van der Waals surface area contributed by atoms with Gasteiger partial charge in [-0.05, 0) is 42.9 Å². The highest BCUT2D eigenvalue weighted by molar-refractivity contribution is 6.32. The molecule has 0 aliphatic carbocycles. The third-order valence-corrected chi connectivity index (χ3v) is 5.67. The van der Waals surface area contributed by atoms with Gasteiger partial charge < -0.3 is 14.5 Å². The number of likely N-dealkylation sites (tertiary alicyclic amines) is 2. The molecule has 0 unspecified atom stereocenters. The fourth-order valence-corrected chi connectivity index (χ4v) is 4.07. The Hall–Kier alpha value is -1.75. The number of halogens is 1. The Morgan fingerprint density at radius 1 is 1.25 bits per heavy atom. The van der Waals surface area contributed by atoms with Crippen molar-refractivity contribution in [1.29, 1.82) is 0 Å². The predicted molar refractivity (Wildman–Crippen MR) is 92.4 cm³/mol. The van der Waals surface area contributed by atoms with Crippen molar-refractivity contribution in [3.05, 3.63) is 28.8 Å². The van der Waals surface area contributed by atoms with E-state index in [1.807, 2.05) is 16.8 Å². The van der Waals surface area contributed by atoms with Crippen LogP contribution in [0.4, 0.5) is 0 Å². The summed E-state index contributed by atoms with van der Waals surface area (Å²) in [5.74, 6) is 0.808. The van der Waals surface area contributed by atoms with Gasteiger partial charge in [-0.2, -0.15) is 0 Å². The van der Waals surface area contributed by atoms with Crippen LogP contribution >= 0.6 is 11.6 Å². The van der Waals surface area contributed by atoms with Crippen LogP contribution < -0.4 is 4.74 Å². The maximum Gasteiger partial charge on any atom is 0.253 e. The van der Waals surface area contributed by atoms with Crippen LogP contribution in [0.15, 0.2) is 18.2 Å². The van der Waals surface area contributed by atoms with E-state index in [2.05, 4.69) is 0 Å². The van der Waals surface area contributed by atoms with Crippen LogP contribution in [0.1, 0.15) is 36.0 Å². The molecule has 1 aromatic carbocycles. The van der Waals surface area contributed by atoms with E-state index < -0.39 is 0 Å². The van der Waals surface area contributed by atoms with Crippen LogP contribution in [0.3, 0.4) is 0 Å². The molecule has 2 heterocycles. The first-order chi connectivity index (χ1) is 11.4. The van der Waals surface area contributed by atoms with Crippen molar-refractivity contribution in [3.8, 4) is 5.75 Å². The number of rotatable bonds is 2. The molecule has 6 heteroatoms. The molecule has 24 heavy (non-hydrogen) atoms. The van der Waals surface area contributed by atoms with Gasteiger partial charge in [-0.3, -0.25) is 9.59 Å². The average molecular weight is 351 g/mol. The number of ether oxygens (including phenoxy) is 1. The van der Waals surface area contributed by atoms with E-state index in [1.165, 1.54) is 0 Å². The summed E-state index contributed by atoms with van der Waals surface area (Å²) in [5, 5.41) is 0.448. The van der Waals surface area contributed by atoms with Crippen LogP contribution in [-0.2, 0) is 4.79 Å². The average Bonchev–Trinajstić information content (AvgIpc) is 2.59. The third kappa shape index (κ3) is 3.22. The van der Waals surface area contributed by atoms with Crippen LogP contribution in [0.5, 0.6) is 5.75 Å². The molecule has 2 amide bonds. The number of carbonyl (C=O) groups excluding carboxylic acids is 2. The van der Waals surface area contributed by atoms with Crippen molar-refractivity contribution in [1.82, 2.24) is 9.80 Å². The van der Waals surface area contributed by atoms with Crippen molar-refractivity contribution >= 4 is 23.4 Å². The van der Waals surface area contributed by atoms with Crippen LogP contribution in [0, 0.1) is 5.41 Å². The quantitative estimate of drug-likeness (QED) is 0.824. The van der Waals surface area contributed by atoms with Crippen molar-refractivity contribution in [2.24, 2.45) is 5.41 Å². The smallest absolute Gasteiger partial charge is 0.253 e. The van der Waals surface area contributed by atoms with Gasteiger partial charge in [0.2, 0.25) is 5.91 Å². The first-order valence-corrected chi connectivity index (χ1v) is 8.69. The molecule has 1 aromatic rings. The molecule has 2 aliphatic heterocycles. The van der Waals surface area contributed by atoms with Crippen molar-refractivity contribution in [2.45, 2.75) is 25.7 Å². The summed E-state index contributed by atoms with van der Waals surface area (Å²) in [4.78, 5) is 28.1. The summed E-state index contributed by atoms with van der Waals surface area (Å²) in [7, 11) is 3.43. The molecule has 2 aliphatic rings. The molecular formula is C18H23ClN2O3. The zero-order valence-electron chi connectivity index (χ0n) is 14.2. The van der Waals surface area contributed by atoms with E-state index >= 15 is 0 Å². The summed E-state index contributed by atoms with van der Waals surface area (Å²) >= 11 is 6.13. The van der Waals surface area contributed by atoms with Gasteiger partial charge in [0.25, 0.3) is 5.91 Å². The standard InChI is InChI=1S/C18H23ClN2O3/c1-20-12-18(6-5-16(20)22)7-9-21(10-8-18)17(23)13-3-4-15(24-2)14(19)11-13/h3-4,11H,5-10,12H2,1-2H3. The minimum atomic E-state index is 0.00893. The number of amides is 2. The summed E-state index contributed by atoms with van der Waals surface area (Å²) in [5.41, 5.74) is 0.768. The number of methoxy groups -OCH3 is 1. The number of hydrogen-bond acceptors (Lipinski definition) is 3. The van der Waals surface area contributed by atoms with Crippen molar-refractivity contribution in [2.75, 3.05) is 33.8 Å². The summed E-state index contributed by atoms with van der Waals surface area (Å²) < 4.78 is 5.13. The largest absolute Gasteiger partial charge is 0.495 e. The molecule has 2 fully saturated rings. The topological polar surface area (TPSA) is 49.9 Å². The number of carbonyl (C=O) groups is 2. The molecular weight excluding hydrogens is 328 g/mol. The first kappa shape index (κ1) is 17.1. The van der Waals surface area contributed by atoms with Crippen LogP contribution in [-0.4, -0.2) is 55.4 Å². The molecule has 2 saturated heterocycles. The molecule has 0 radical (unpaired) electrons. The maximum atomic E-state index is 12.7. The monoisotopic (exact) mass is 350 g/mol. The Bertz CT molecular complexity index is 654. The van der Waals surface area contributed by atoms with Gasteiger partial charge >= 0.3 is 0 Å². The Morgan fingerprint density at radius 3 is 2.54 bits per heavy atom. The van der Waals surface area contributed by atoms with Crippen LogP contribution in [0.2, 0.25) is 5.02 Å². The Labute approximate surface area is 147 Å². The first-order valence-electron chi connectivity index (χ1n) is 8.31. The second-order valence-corrected chi connectivity index (χ2v) is 7.30. The van der Waals surface area contributed by atoms with Gasteiger partial charge in [0, 0.05) is 38.7 Å². The highest BCUT2D eigenvalue weighted by Gasteiger charge is 2.40. The zero-order valence-corrected chi connectivity index (χ0v) is 14.9. The highest BCUT2D eigenvalue weighted by Crippen LogP contribution is 2.40. The fourth-order valence-electron chi connectivity index (χ4n) is 3.81. The lowest BCUT2D eigenvalue weighted by Crippen LogP contribution is -2.51.